The Morgan fingerprint density at radius 3 is 2.00 bits per heavy atom. The average Bonchev–Trinajstić information content (AvgIpc) is 2.25. The summed E-state index contributed by atoms with van der Waals surface area (Å²) in [6.45, 7) is 5.33. The number of rotatable bonds is 3. The van der Waals surface area contributed by atoms with Crippen molar-refractivity contribution in [3.63, 3.8) is 0 Å². The third kappa shape index (κ3) is 1.76. The van der Waals surface area contributed by atoms with Gasteiger partial charge in [0.05, 0.1) is 11.0 Å². The van der Waals surface area contributed by atoms with E-state index in [0.29, 0.717) is 11.8 Å². The molecule has 4 saturated carbocycles. The summed E-state index contributed by atoms with van der Waals surface area (Å²) in [6, 6.07) is 0. The number of hydrogen-bond acceptors (Lipinski definition) is 3. The molecule has 0 saturated heterocycles. The van der Waals surface area contributed by atoms with Crippen LogP contribution in [-0.2, 0) is 14.3 Å². The quantitative estimate of drug-likeness (QED) is 0.729. The molecule has 0 unspecified atom stereocenters. The molecule has 4 bridgehead atoms. The lowest BCUT2D eigenvalue weighted by Gasteiger charge is -2.58. The molecular formula is C13H20O3S. The van der Waals surface area contributed by atoms with Crippen molar-refractivity contribution in [1.29, 1.82) is 0 Å². The van der Waals surface area contributed by atoms with Gasteiger partial charge in [-0.1, -0.05) is 6.58 Å². The van der Waals surface area contributed by atoms with Crippen LogP contribution in [0.2, 0.25) is 0 Å². The van der Waals surface area contributed by atoms with Crippen molar-refractivity contribution < 1.29 is 12.6 Å². The van der Waals surface area contributed by atoms with Crippen LogP contribution in [0.5, 0.6) is 0 Å². The highest BCUT2D eigenvalue weighted by Crippen LogP contribution is 2.59. The van der Waals surface area contributed by atoms with Gasteiger partial charge in [0.1, 0.15) is 0 Å². The normalized spacial score (nSPS) is 48.3. The summed E-state index contributed by atoms with van der Waals surface area (Å²) in [7, 11) is -3.56. The van der Waals surface area contributed by atoms with Gasteiger partial charge in [-0.15, -0.1) is 0 Å². The lowest BCUT2D eigenvalue weighted by atomic mass is 9.50. The zero-order valence-corrected chi connectivity index (χ0v) is 11.1. The van der Waals surface area contributed by atoms with Crippen molar-refractivity contribution in [2.45, 2.75) is 44.6 Å². The van der Waals surface area contributed by atoms with E-state index in [0.717, 1.165) is 42.9 Å². The van der Waals surface area contributed by atoms with Gasteiger partial charge < -0.3 is 0 Å². The molecule has 0 radical (unpaired) electrons. The van der Waals surface area contributed by atoms with Crippen LogP contribution in [0.4, 0.5) is 0 Å². The molecule has 4 aliphatic rings. The van der Waals surface area contributed by atoms with Crippen LogP contribution < -0.4 is 0 Å². The molecule has 0 aliphatic heterocycles. The molecule has 0 atom stereocenters. The van der Waals surface area contributed by atoms with Crippen molar-refractivity contribution in [2.24, 2.45) is 23.7 Å². The van der Waals surface area contributed by atoms with Crippen LogP contribution in [0.25, 0.3) is 0 Å². The van der Waals surface area contributed by atoms with Crippen molar-refractivity contribution in [2.75, 3.05) is 0 Å². The first-order valence-electron chi connectivity index (χ1n) is 6.51. The third-order valence-corrected chi connectivity index (χ3v) is 6.26. The summed E-state index contributed by atoms with van der Waals surface area (Å²) < 4.78 is 28.8. The van der Waals surface area contributed by atoms with Crippen molar-refractivity contribution in [3.8, 4) is 0 Å². The van der Waals surface area contributed by atoms with Gasteiger partial charge in [-0.05, 0) is 62.7 Å². The lowest BCUT2D eigenvalue weighted by molar-refractivity contribution is -0.142. The molecule has 0 heterocycles. The standard InChI is InChI=1S/C13H20O3S/c1-3-17(14,15)16-13(2)11-5-9-4-10(7-11)8-12(13)6-9/h3,9-12H,1,4-8H2,2H3. The van der Waals surface area contributed by atoms with E-state index in [9.17, 15) is 8.42 Å². The Hall–Kier alpha value is -0.350. The highest BCUT2D eigenvalue weighted by Gasteiger charge is 2.57. The Morgan fingerprint density at radius 1 is 1.12 bits per heavy atom. The second-order valence-electron chi connectivity index (χ2n) is 6.23. The topological polar surface area (TPSA) is 43.4 Å². The van der Waals surface area contributed by atoms with E-state index in [1.165, 1.54) is 6.42 Å². The van der Waals surface area contributed by atoms with Crippen molar-refractivity contribution in [1.82, 2.24) is 0 Å². The van der Waals surface area contributed by atoms with Crippen molar-refractivity contribution >= 4 is 10.1 Å². The monoisotopic (exact) mass is 256 g/mol. The molecule has 3 nitrogen and oxygen atoms in total. The van der Waals surface area contributed by atoms with Gasteiger partial charge in [-0.25, -0.2) is 0 Å². The van der Waals surface area contributed by atoms with Gasteiger partial charge in [0.2, 0.25) is 0 Å². The summed E-state index contributed by atoms with van der Waals surface area (Å²) in [5.74, 6) is 2.49. The maximum absolute atomic E-state index is 11.7. The zero-order valence-electron chi connectivity index (χ0n) is 10.3. The van der Waals surface area contributed by atoms with E-state index < -0.39 is 15.7 Å². The maximum atomic E-state index is 11.7. The maximum Gasteiger partial charge on any atom is 0.290 e. The van der Waals surface area contributed by atoms with Crippen LogP contribution >= 0.6 is 0 Å². The van der Waals surface area contributed by atoms with Gasteiger partial charge >= 0.3 is 0 Å². The Bertz CT molecular complexity index is 410. The van der Waals surface area contributed by atoms with Crippen LogP contribution in [0.1, 0.15) is 39.0 Å². The van der Waals surface area contributed by atoms with Gasteiger partial charge in [-0.2, -0.15) is 8.42 Å². The fourth-order valence-corrected chi connectivity index (χ4v) is 5.38. The van der Waals surface area contributed by atoms with Crippen LogP contribution in [0.15, 0.2) is 12.0 Å². The minimum absolute atomic E-state index is 0.425. The molecule has 0 spiro atoms. The van der Waals surface area contributed by atoms with E-state index in [2.05, 4.69) is 6.58 Å². The van der Waals surface area contributed by atoms with E-state index in [4.69, 9.17) is 4.18 Å². The van der Waals surface area contributed by atoms with E-state index in [1.54, 1.807) is 0 Å². The first kappa shape index (κ1) is 11.7. The first-order chi connectivity index (χ1) is 7.93. The smallest absolute Gasteiger partial charge is 0.260 e. The third-order valence-electron chi connectivity index (χ3n) is 5.26. The minimum Gasteiger partial charge on any atom is -0.260 e. The predicted octanol–water partition coefficient (Wildman–Crippen LogP) is 2.69. The van der Waals surface area contributed by atoms with Gasteiger partial charge in [0, 0.05) is 0 Å². The Balaban J connectivity index is 1.90. The van der Waals surface area contributed by atoms with E-state index in [-0.39, 0.29) is 0 Å². The van der Waals surface area contributed by atoms with Crippen LogP contribution in [0.3, 0.4) is 0 Å². The second-order valence-corrected chi connectivity index (χ2v) is 7.72. The highest BCUT2D eigenvalue weighted by atomic mass is 32.2. The Kier molecular flexibility index (Phi) is 2.47. The summed E-state index contributed by atoms with van der Waals surface area (Å²) >= 11 is 0. The fourth-order valence-electron chi connectivity index (χ4n) is 4.54. The summed E-state index contributed by atoms with van der Waals surface area (Å²) in [5.41, 5.74) is -0.472. The lowest BCUT2D eigenvalue weighted by Crippen LogP contribution is -2.57. The first-order valence-corrected chi connectivity index (χ1v) is 7.98. The average molecular weight is 256 g/mol. The highest BCUT2D eigenvalue weighted by molar-refractivity contribution is 7.89. The van der Waals surface area contributed by atoms with Gasteiger partial charge in [-0.3, -0.25) is 4.18 Å². The zero-order chi connectivity index (χ0) is 12.3. The molecule has 0 N–H and O–H groups in total. The van der Waals surface area contributed by atoms with E-state index in [1.807, 2.05) is 6.92 Å². The molecule has 0 aromatic heterocycles. The number of hydrogen-bond donors (Lipinski definition) is 0. The summed E-state index contributed by atoms with van der Waals surface area (Å²) in [4.78, 5) is 0. The van der Waals surface area contributed by atoms with Gasteiger partial charge in [0.15, 0.2) is 0 Å². The molecule has 4 fully saturated rings. The largest absolute Gasteiger partial charge is 0.290 e. The van der Waals surface area contributed by atoms with Crippen molar-refractivity contribution in [3.05, 3.63) is 12.0 Å². The molecule has 96 valence electrons. The molecule has 0 aromatic carbocycles. The Morgan fingerprint density at radius 2 is 1.59 bits per heavy atom. The van der Waals surface area contributed by atoms with E-state index >= 15 is 0 Å². The predicted molar refractivity (Wildman–Crippen MR) is 65.7 cm³/mol. The SMILES string of the molecule is C=CS(=O)(=O)OC1(C)C2CC3CC(C2)CC1C3. The summed E-state index contributed by atoms with van der Waals surface area (Å²) in [5, 5.41) is 0.934. The molecular weight excluding hydrogens is 236 g/mol. The second kappa shape index (κ2) is 3.58. The molecule has 4 rings (SSSR count). The molecule has 4 heteroatoms. The molecule has 4 aliphatic carbocycles. The molecule has 0 amide bonds. The van der Waals surface area contributed by atoms with Gasteiger partial charge in [0.25, 0.3) is 10.1 Å². The molecule has 17 heavy (non-hydrogen) atoms. The Labute approximate surface area is 103 Å². The minimum atomic E-state index is -3.56. The fraction of sp³-hybridized carbons (Fsp3) is 0.846. The van der Waals surface area contributed by atoms with Crippen LogP contribution in [-0.4, -0.2) is 14.0 Å². The molecule has 0 aromatic rings. The summed E-state index contributed by atoms with van der Waals surface area (Å²) in [6.07, 6.45) is 5.95. The van der Waals surface area contributed by atoms with Crippen LogP contribution in [0, 0.1) is 23.7 Å².